The number of hydrogen-bond donors (Lipinski definition) is 1. The number of benzene rings is 2. The predicted molar refractivity (Wildman–Crippen MR) is 143 cm³/mol. The molecule has 2 aromatic carbocycles. The molecule has 2 atom stereocenters. The number of nitro benzene ring substituents is 1. The minimum atomic E-state index is -4.35. The van der Waals surface area contributed by atoms with Crippen LogP contribution in [0.3, 0.4) is 0 Å². The maximum absolute atomic E-state index is 12.8. The molecule has 0 spiro atoms. The normalized spacial score (nSPS) is 19.5. The molecule has 2 amide bonds. The number of likely N-dealkylation sites (tertiary alicyclic amines) is 2. The van der Waals surface area contributed by atoms with Gasteiger partial charge in [-0.3, -0.25) is 19.7 Å². The summed E-state index contributed by atoms with van der Waals surface area (Å²) in [7, 11) is 0. The van der Waals surface area contributed by atoms with Gasteiger partial charge in [0.25, 0.3) is 17.5 Å². The van der Waals surface area contributed by atoms with Gasteiger partial charge in [0.2, 0.25) is 0 Å². The first kappa shape index (κ1) is 33.2. The van der Waals surface area contributed by atoms with Crippen molar-refractivity contribution < 1.29 is 40.9 Å². The minimum absolute atomic E-state index is 0.0126. The minimum Gasteiger partial charge on any atom is -0.399 e. The average molecular weight is 643 g/mol. The van der Waals surface area contributed by atoms with Gasteiger partial charge in [0, 0.05) is 44.0 Å². The number of halogens is 8. The van der Waals surface area contributed by atoms with Crippen molar-refractivity contribution in [3.63, 3.8) is 0 Å². The highest BCUT2D eigenvalue weighted by molar-refractivity contribution is 6.34. The Kier molecular flexibility index (Phi) is 10.6. The van der Waals surface area contributed by atoms with Gasteiger partial charge in [-0.2, -0.15) is 26.3 Å². The van der Waals surface area contributed by atoms with E-state index in [1.165, 1.54) is 29.2 Å². The molecule has 2 aliphatic heterocycles. The number of nitro groups is 1. The van der Waals surface area contributed by atoms with E-state index in [-0.39, 0.29) is 59.2 Å². The van der Waals surface area contributed by atoms with E-state index in [0.29, 0.717) is 18.7 Å². The van der Waals surface area contributed by atoms with Gasteiger partial charge in [0.15, 0.2) is 0 Å². The average Bonchev–Trinajstić information content (AvgIpc) is 2.92. The summed E-state index contributed by atoms with van der Waals surface area (Å²) < 4.78 is 76.5. The molecule has 2 heterocycles. The Balaban J connectivity index is 0.000000231. The van der Waals surface area contributed by atoms with Crippen LogP contribution in [0.5, 0.6) is 0 Å². The molecule has 16 heteroatoms. The van der Waals surface area contributed by atoms with Gasteiger partial charge in [0.1, 0.15) is 0 Å². The molecule has 0 aromatic heterocycles. The zero-order chi connectivity index (χ0) is 31.4. The highest BCUT2D eigenvalue weighted by Gasteiger charge is 2.44. The second-order valence-electron chi connectivity index (χ2n) is 9.92. The molecule has 2 aliphatic rings. The van der Waals surface area contributed by atoms with Crippen molar-refractivity contribution in [2.45, 2.75) is 38.0 Å². The topological polar surface area (TPSA) is 110 Å². The van der Waals surface area contributed by atoms with E-state index in [9.17, 15) is 46.0 Å². The number of nitrogens with two attached hydrogens (primary N) is 1. The molecule has 0 radical (unpaired) electrons. The lowest BCUT2D eigenvalue weighted by atomic mass is 9.97. The lowest BCUT2D eigenvalue weighted by Crippen LogP contribution is -2.44. The fraction of sp³-hybridized carbons (Fsp3) is 0.462. The fourth-order valence-electron chi connectivity index (χ4n) is 4.69. The smallest absolute Gasteiger partial charge is 0.393 e. The summed E-state index contributed by atoms with van der Waals surface area (Å²) in [4.78, 5) is 36.8. The molecular formula is C26H26Cl2F6N4O4. The highest BCUT2D eigenvalue weighted by atomic mass is 35.5. The van der Waals surface area contributed by atoms with Gasteiger partial charge in [-0.1, -0.05) is 23.2 Å². The molecule has 2 fully saturated rings. The first-order valence-electron chi connectivity index (χ1n) is 12.7. The molecule has 230 valence electrons. The Morgan fingerprint density at radius 1 is 0.810 bits per heavy atom. The summed E-state index contributed by atoms with van der Waals surface area (Å²) >= 11 is 11.8. The molecule has 42 heavy (non-hydrogen) atoms. The fourth-order valence-corrected chi connectivity index (χ4v) is 5.22. The van der Waals surface area contributed by atoms with Crippen LogP contribution in [-0.4, -0.2) is 65.1 Å². The molecule has 2 aromatic rings. The first-order chi connectivity index (χ1) is 19.5. The molecule has 0 aliphatic carbocycles. The van der Waals surface area contributed by atoms with E-state index in [0.717, 1.165) is 17.0 Å². The van der Waals surface area contributed by atoms with Crippen LogP contribution < -0.4 is 5.73 Å². The Morgan fingerprint density at radius 3 is 1.62 bits per heavy atom. The Labute approximate surface area is 246 Å². The number of rotatable bonds is 3. The van der Waals surface area contributed by atoms with Crippen molar-refractivity contribution in [3.8, 4) is 0 Å². The van der Waals surface area contributed by atoms with Crippen molar-refractivity contribution in [3.05, 3.63) is 67.7 Å². The van der Waals surface area contributed by atoms with E-state index < -0.39 is 47.5 Å². The summed E-state index contributed by atoms with van der Waals surface area (Å²) in [6, 6.07) is 7.64. The number of amides is 2. The van der Waals surface area contributed by atoms with Crippen LogP contribution in [-0.2, 0) is 0 Å². The van der Waals surface area contributed by atoms with Gasteiger partial charge in [0.05, 0.1) is 37.9 Å². The largest absolute Gasteiger partial charge is 0.399 e. The van der Waals surface area contributed by atoms with Gasteiger partial charge >= 0.3 is 12.4 Å². The molecule has 2 unspecified atom stereocenters. The SMILES string of the molecule is Nc1ccc(C(=O)N2CCCC(C(F)(F)F)C2)c(Cl)c1.O=C(c1ccc([N+](=O)[O-])cc1Cl)N1CCCC(C(F)(F)F)C1. The van der Waals surface area contributed by atoms with Gasteiger partial charge in [-0.05, 0) is 49.9 Å². The van der Waals surface area contributed by atoms with Gasteiger partial charge < -0.3 is 15.5 Å². The molecular weight excluding hydrogens is 617 g/mol. The first-order valence-corrected chi connectivity index (χ1v) is 13.5. The van der Waals surface area contributed by atoms with Crippen molar-refractivity contribution >= 4 is 46.4 Å². The molecule has 2 saturated heterocycles. The number of carbonyl (C=O) groups excluding carboxylic acids is 2. The van der Waals surface area contributed by atoms with Crippen molar-refractivity contribution in [2.75, 3.05) is 31.9 Å². The Hall–Kier alpha value is -3.26. The third kappa shape index (κ3) is 8.40. The highest BCUT2D eigenvalue weighted by Crippen LogP contribution is 2.35. The number of nitrogens with zero attached hydrogens (tertiary/aromatic N) is 3. The summed E-state index contributed by atoms with van der Waals surface area (Å²) in [6.45, 7) is -0.219. The number of hydrogen-bond acceptors (Lipinski definition) is 5. The summed E-state index contributed by atoms with van der Waals surface area (Å²) in [5.41, 5.74) is 5.80. The van der Waals surface area contributed by atoms with E-state index in [4.69, 9.17) is 28.9 Å². The van der Waals surface area contributed by atoms with Gasteiger partial charge in [-0.15, -0.1) is 0 Å². The van der Waals surface area contributed by atoms with Crippen molar-refractivity contribution in [1.82, 2.24) is 9.80 Å². The monoisotopic (exact) mass is 642 g/mol. The molecule has 4 rings (SSSR count). The number of non-ortho nitro benzene ring substituents is 1. The van der Waals surface area contributed by atoms with Crippen LogP contribution in [0.15, 0.2) is 36.4 Å². The third-order valence-electron chi connectivity index (χ3n) is 6.96. The molecule has 2 N–H and O–H groups in total. The number of nitrogen functional groups attached to an aromatic ring is 1. The molecule has 8 nitrogen and oxygen atoms in total. The quantitative estimate of drug-likeness (QED) is 0.168. The van der Waals surface area contributed by atoms with E-state index in [1.54, 1.807) is 0 Å². The zero-order valence-corrected chi connectivity index (χ0v) is 23.4. The standard InChI is InChI=1S/C13H12ClF3N2O3.C13H14ClF3N2O/c14-11-6-9(19(21)22)3-4-10(11)12(20)18-5-1-2-8(7-18)13(15,16)17;14-11-6-9(18)3-4-10(11)12(20)19-5-1-2-8(7-19)13(15,16)17/h3-4,6,8H,1-2,5,7H2;3-4,6,8H,1-2,5,7,18H2. The van der Waals surface area contributed by atoms with Crippen LogP contribution in [0.1, 0.15) is 46.4 Å². The maximum atomic E-state index is 12.8. The predicted octanol–water partition coefficient (Wildman–Crippen LogP) is 7.00. The zero-order valence-electron chi connectivity index (χ0n) is 21.9. The third-order valence-corrected chi connectivity index (χ3v) is 7.59. The number of carbonyl (C=O) groups is 2. The Morgan fingerprint density at radius 2 is 1.24 bits per heavy atom. The summed E-state index contributed by atoms with van der Waals surface area (Å²) in [6.07, 6.45) is -7.99. The second-order valence-corrected chi connectivity index (χ2v) is 10.7. The van der Waals surface area contributed by atoms with Crippen LogP contribution in [0.25, 0.3) is 0 Å². The molecule has 0 saturated carbocycles. The molecule has 0 bridgehead atoms. The van der Waals surface area contributed by atoms with Gasteiger partial charge in [-0.25, -0.2) is 0 Å². The lowest BCUT2D eigenvalue weighted by molar-refractivity contribution is -0.384. The van der Waals surface area contributed by atoms with Crippen LogP contribution in [0, 0.1) is 22.0 Å². The summed E-state index contributed by atoms with van der Waals surface area (Å²) in [5, 5.41) is 10.6. The lowest BCUT2D eigenvalue weighted by Gasteiger charge is -2.33. The number of alkyl halides is 6. The van der Waals surface area contributed by atoms with E-state index >= 15 is 0 Å². The van der Waals surface area contributed by atoms with Crippen LogP contribution in [0.4, 0.5) is 37.7 Å². The van der Waals surface area contributed by atoms with E-state index in [1.807, 2.05) is 0 Å². The van der Waals surface area contributed by atoms with Crippen LogP contribution >= 0.6 is 23.2 Å². The summed E-state index contributed by atoms with van der Waals surface area (Å²) in [5.74, 6) is -4.15. The Bertz CT molecular complexity index is 1320. The second kappa shape index (κ2) is 13.4. The number of anilines is 1. The van der Waals surface area contributed by atoms with Crippen molar-refractivity contribution in [2.24, 2.45) is 11.8 Å². The van der Waals surface area contributed by atoms with Crippen LogP contribution in [0.2, 0.25) is 10.0 Å². The maximum Gasteiger partial charge on any atom is 0.393 e. The number of piperidine rings is 2. The van der Waals surface area contributed by atoms with Crippen molar-refractivity contribution in [1.29, 1.82) is 0 Å². The van der Waals surface area contributed by atoms with E-state index in [2.05, 4.69) is 0 Å².